The maximum absolute atomic E-state index is 11.9. The van der Waals surface area contributed by atoms with Gasteiger partial charge in [-0.25, -0.2) is 0 Å². The average Bonchev–Trinajstić information content (AvgIpc) is 2.52. The highest BCUT2D eigenvalue weighted by Crippen LogP contribution is 2.23. The third-order valence-corrected chi connectivity index (χ3v) is 3.65. The second kappa shape index (κ2) is 7.70. The van der Waals surface area contributed by atoms with E-state index < -0.39 is 4.83 Å². The fraction of sp³-hybridized carbons (Fsp3) is 0.188. The van der Waals surface area contributed by atoms with Crippen molar-refractivity contribution >= 4 is 27.6 Å². The molecule has 4 heteroatoms. The predicted molar refractivity (Wildman–Crippen MR) is 84.0 cm³/mol. The van der Waals surface area contributed by atoms with Crippen molar-refractivity contribution in [3.05, 3.63) is 66.2 Å². The molecule has 0 fully saturated rings. The van der Waals surface area contributed by atoms with Gasteiger partial charge in [0.15, 0.2) is 0 Å². The second-order valence-corrected chi connectivity index (χ2v) is 5.15. The molecule has 2 aromatic rings. The molecular formula is C16H16BrNO2. The maximum atomic E-state index is 11.9. The first-order valence-corrected chi connectivity index (χ1v) is 7.33. The van der Waals surface area contributed by atoms with Crippen LogP contribution in [0.1, 0.15) is 10.4 Å². The number of benzene rings is 2. The summed E-state index contributed by atoms with van der Waals surface area (Å²) in [6.45, 7) is 0.924. The van der Waals surface area contributed by atoms with Crippen LogP contribution >= 0.6 is 15.9 Å². The van der Waals surface area contributed by atoms with Crippen molar-refractivity contribution in [2.75, 3.05) is 18.5 Å². The third-order valence-electron chi connectivity index (χ3n) is 2.75. The number of hydrogen-bond donors (Lipinski definition) is 1. The molecule has 0 spiro atoms. The number of hydrogen-bond acceptors (Lipinski definition) is 3. The minimum Gasteiger partial charge on any atom is -0.463 e. The van der Waals surface area contributed by atoms with Gasteiger partial charge in [0, 0.05) is 12.2 Å². The first-order chi connectivity index (χ1) is 9.77. The average molecular weight is 334 g/mol. The molecule has 1 N–H and O–H groups in total. The lowest BCUT2D eigenvalue weighted by molar-refractivity contribution is -0.142. The minimum absolute atomic E-state index is 0.272. The molecule has 104 valence electrons. The summed E-state index contributed by atoms with van der Waals surface area (Å²) < 4.78 is 5.23. The lowest BCUT2D eigenvalue weighted by atomic mass is 10.1. The summed E-state index contributed by atoms with van der Waals surface area (Å²) in [5.74, 6) is -0.272. The van der Waals surface area contributed by atoms with E-state index in [0.717, 1.165) is 11.3 Å². The van der Waals surface area contributed by atoms with E-state index in [1.165, 1.54) is 0 Å². The number of carbonyl (C=O) groups excluding carboxylic acids is 1. The Hall–Kier alpha value is -1.81. The Morgan fingerprint density at radius 3 is 2.30 bits per heavy atom. The molecule has 0 aromatic heterocycles. The third kappa shape index (κ3) is 4.38. The van der Waals surface area contributed by atoms with Crippen molar-refractivity contribution in [3.63, 3.8) is 0 Å². The van der Waals surface area contributed by atoms with Crippen LogP contribution in [-0.4, -0.2) is 19.1 Å². The van der Waals surface area contributed by atoms with Gasteiger partial charge in [-0.05, 0) is 17.7 Å². The van der Waals surface area contributed by atoms with Gasteiger partial charge >= 0.3 is 5.97 Å². The highest BCUT2D eigenvalue weighted by molar-refractivity contribution is 9.09. The fourth-order valence-corrected chi connectivity index (χ4v) is 2.17. The molecule has 0 amide bonds. The van der Waals surface area contributed by atoms with Gasteiger partial charge in [-0.3, -0.25) is 4.79 Å². The van der Waals surface area contributed by atoms with Crippen molar-refractivity contribution in [1.29, 1.82) is 0 Å². The summed E-state index contributed by atoms with van der Waals surface area (Å²) >= 11 is 3.35. The van der Waals surface area contributed by atoms with E-state index in [1.54, 1.807) is 0 Å². The Bertz CT molecular complexity index is 531. The maximum Gasteiger partial charge on any atom is 0.324 e. The molecule has 0 aliphatic carbocycles. The SMILES string of the molecule is O=C(OCCNc1ccccc1)C(Br)c1ccccc1. The van der Waals surface area contributed by atoms with Gasteiger partial charge in [-0.15, -0.1) is 0 Å². The van der Waals surface area contributed by atoms with E-state index in [0.29, 0.717) is 13.2 Å². The van der Waals surface area contributed by atoms with Crippen molar-refractivity contribution in [1.82, 2.24) is 0 Å². The van der Waals surface area contributed by atoms with Crippen LogP contribution in [-0.2, 0) is 9.53 Å². The molecule has 0 bridgehead atoms. The Kier molecular flexibility index (Phi) is 5.62. The van der Waals surface area contributed by atoms with Crippen LogP contribution in [0.2, 0.25) is 0 Å². The molecule has 0 radical (unpaired) electrons. The van der Waals surface area contributed by atoms with Crippen LogP contribution in [0.4, 0.5) is 5.69 Å². The van der Waals surface area contributed by atoms with Crippen LogP contribution in [0.25, 0.3) is 0 Å². The molecule has 0 aliphatic heterocycles. The molecule has 0 saturated heterocycles. The molecule has 2 aromatic carbocycles. The monoisotopic (exact) mass is 333 g/mol. The Balaban J connectivity index is 1.73. The smallest absolute Gasteiger partial charge is 0.324 e. The van der Waals surface area contributed by atoms with Gasteiger partial charge in [0.2, 0.25) is 0 Å². The summed E-state index contributed by atoms with van der Waals surface area (Å²) in [7, 11) is 0. The topological polar surface area (TPSA) is 38.3 Å². The van der Waals surface area contributed by atoms with Crippen molar-refractivity contribution < 1.29 is 9.53 Å². The van der Waals surface area contributed by atoms with E-state index >= 15 is 0 Å². The van der Waals surface area contributed by atoms with Gasteiger partial charge < -0.3 is 10.1 Å². The normalized spacial score (nSPS) is 11.7. The van der Waals surface area contributed by atoms with Gasteiger partial charge in [0.05, 0.1) is 0 Å². The zero-order chi connectivity index (χ0) is 14.2. The number of esters is 1. The number of alkyl halides is 1. The molecule has 20 heavy (non-hydrogen) atoms. The second-order valence-electron chi connectivity index (χ2n) is 4.23. The lowest BCUT2D eigenvalue weighted by Gasteiger charge is -2.11. The van der Waals surface area contributed by atoms with Gasteiger partial charge in [0.25, 0.3) is 0 Å². The Morgan fingerprint density at radius 1 is 1.05 bits per heavy atom. The van der Waals surface area contributed by atoms with Crippen molar-refractivity contribution in [2.24, 2.45) is 0 Å². The number of halogens is 1. The van der Waals surface area contributed by atoms with Crippen molar-refractivity contribution in [2.45, 2.75) is 4.83 Å². The molecule has 2 rings (SSSR count). The quantitative estimate of drug-likeness (QED) is 0.496. The summed E-state index contributed by atoms with van der Waals surface area (Å²) in [5, 5.41) is 3.19. The molecular weight excluding hydrogens is 318 g/mol. The zero-order valence-electron chi connectivity index (χ0n) is 11.0. The summed E-state index contributed by atoms with van der Waals surface area (Å²) in [4.78, 5) is 11.4. The molecule has 1 unspecified atom stereocenters. The van der Waals surface area contributed by atoms with Crippen LogP contribution in [0, 0.1) is 0 Å². The van der Waals surface area contributed by atoms with Crippen molar-refractivity contribution in [3.8, 4) is 0 Å². The van der Waals surface area contributed by atoms with Gasteiger partial charge in [-0.1, -0.05) is 64.5 Å². The number of nitrogens with one attached hydrogen (secondary N) is 1. The minimum atomic E-state index is -0.416. The standard InChI is InChI=1S/C16H16BrNO2/c17-15(13-7-3-1-4-8-13)16(19)20-12-11-18-14-9-5-2-6-10-14/h1-10,15,18H,11-12H2. The molecule has 0 heterocycles. The Morgan fingerprint density at radius 2 is 1.65 bits per heavy atom. The first-order valence-electron chi connectivity index (χ1n) is 6.42. The van der Waals surface area contributed by atoms with Crippen LogP contribution in [0.3, 0.4) is 0 Å². The van der Waals surface area contributed by atoms with Crippen LogP contribution in [0.5, 0.6) is 0 Å². The highest BCUT2D eigenvalue weighted by atomic mass is 79.9. The molecule has 3 nitrogen and oxygen atoms in total. The van der Waals surface area contributed by atoms with E-state index in [1.807, 2.05) is 60.7 Å². The van der Waals surface area contributed by atoms with Crippen LogP contribution in [0.15, 0.2) is 60.7 Å². The lowest BCUT2D eigenvalue weighted by Crippen LogP contribution is -2.16. The molecule has 0 saturated carbocycles. The number of rotatable bonds is 6. The number of para-hydroxylation sites is 1. The molecule has 0 aliphatic rings. The number of carbonyl (C=O) groups is 1. The molecule has 1 atom stereocenters. The summed E-state index contributed by atoms with van der Waals surface area (Å²) in [5.41, 5.74) is 1.91. The van der Waals surface area contributed by atoms with Gasteiger partial charge in [-0.2, -0.15) is 0 Å². The zero-order valence-corrected chi connectivity index (χ0v) is 12.5. The van der Waals surface area contributed by atoms with E-state index in [-0.39, 0.29) is 5.97 Å². The van der Waals surface area contributed by atoms with E-state index in [2.05, 4.69) is 21.2 Å². The van der Waals surface area contributed by atoms with Gasteiger partial charge in [0.1, 0.15) is 11.4 Å². The highest BCUT2D eigenvalue weighted by Gasteiger charge is 2.17. The largest absolute Gasteiger partial charge is 0.463 e. The van der Waals surface area contributed by atoms with E-state index in [4.69, 9.17) is 4.74 Å². The summed E-state index contributed by atoms with van der Waals surface area (Å²) in [6.07, 6.45) is 0. The fourth-order valence-electron chi connectivity index (χ4n) is 1.73. The number of ether oxygens (including phenoxy) is 1. The first kappa shape index (κ1) is 14.6. The number of anilines is 1. The summed E-state index contributed by atoms with van der Waals surface area (Å²) in [6, 6.07) is 19.3. The predicted octanol–water partition coefficient (Wildman–Crippen LogP) is 3.78. The van der Waals surface area contributed by atoms with Crippen LogP contribution < -0.4 is 5.32 Å². The Labute approximate surface area is 127 Å². The van der Waals surface area contributed by atoms with E-state index in [9.17, 15) is 4.79 Å².